The van der Waals surface area contributed by atoms with Gasteiger partial charge in [0.15, 0.2) is 14.3 Å². The molecule has 0 bridgehead atoms. The molecule has 3 nitrogen and oxygen atoms in total. The molecule has 0 radical (unpaired) electrons. The quantitative estimate of drug-likeness (QED) is 0.180. The normalized spacial score (nSPS) is 13.4. The molecule has 1 heterocycles. The van der Waals surface area contributed by atoms with Crippen molar-refractivity contribution in [2.45, 2.75) is 24.4 Å². The van der Waals surface area contributed by atoms with E-state index in [2.05, 4.69) is 4.74 Å². The van der Waals surface area contributed by atoms with Crippen LogP contribution in [0.15, 0.2) is 72.8 Å². The zero-order valence-corrected chi connectivity index (χ0v) is 18.1. The summed E-state index contributed by atoms with van der Waals surface area (Å²) in [4.78, 5) is 13.5. The first-order valence-corrected chi connectivity index (χ1v) is 11.2. The van der Waals surface area contributed by atoms with Gasteiger partial charge in [-0.3, -0.25) is 0 Å². The van der Waals surface area contributed by atoms with Crippen LogP contribution in [0.25, 0.3) is 25.1 Å². The third-order valence-electron chi connectivity index (χ3n) is 5.45. The molecule has 0 aliphatic rings. The van der Waals surface area contributed by atoms with Crippen LogP contribution >= 0.6 is 10.5 Å². The van der Waals surface area contributed by atoms with Crippen molar-refractivity contribution in [3.05, 3.63) is 78.4 Å². The van der Waals surface area contributed by atoms with Crippen molar-refractivity contribution in [2.75, 3.05) is 6.61 Å². The topological polar surface area (TPSA) is 46.5 Å². The molecule has 0 fully saturated rings. The lowest BCUT2D eigenvalue weighted by Gasteiger charge is -2.31. The van der Waals surface area contributed by atoms with Crippen LogP contribution in [-0.4, -0.2) is 35.6 Å². The number of fused-ring (bicyclic) bond motifs is 3. The number of aliphatic hydroxyl groups is 1. The lowest BCUT2D eigenvalue weighted by atomic mass is 9.99. The van der Waals surface area contributed by atoms with Gasteiger partial charge in [0, 0.05) is 27.7 Å². The summed E-state index contributed by atoms with van der Waals surface area (Å²) in [7, 11) is -0.434. The molecule has 0 spiro atoms. The van der Waals surface area contributed by atoms with E-state index >= 15 is 0 Å². The molecule has 1 unspecified atom stereocenters. The SMILES string of the molecule is O=C(OCCC(O)(C(F)(F)F)C(F)(F)F)c1ccc2c(c1)c1ccccc1[s+]2-c1ccccc1. The summed E-state index contributed by atoms with van der Waals surface area (Å²) in [5.74, 6) is -1.08. The molecule has 4 rings (SSSR count). The number of benzene rings is 3. The molecule has 1 atom stereocenters. The molecule has 0 aliphatic carbocycles. The number of hydrogen-bond donors (Lipinski definition) is 1. The maximum Gasteiger partial charge on any atom is 0.426 e. The highest BCUT2D eigenvalue weighted by Gasteiger charge is 2.70. The van der Waals surface area contributed by atoms with Crippen molar-refractivity contribution < 1.29 is 41.0 Å². The minimum atomic E-state index is -5.97. The fourth-order valence-electron chi connectivity index (χ4n) is 3.66. The Morgan fingerprint density at radius 1 is 0.794 bits per heavy atom. The van der Waals surface area contributed by atoms with Gasteiger partial charge in [-0.25, -0.2) is 4.79 Å². The van der Waals surface area contributed by atoms with E-state index in [4.69, 9.17) is 0 Å². The van der Waals surface area contributed by atoms with Gasteiger partial charge in [0.25, 0.3) is 5.60 Å². The summed E-state index contributed by atoms with van der Waals surface area (Å²) in [6, 6.07) is 21.9. The maximum absolute atomic E-state index is 12.8. The average Bonchev–Trinajstić information content (AvgIpc) is 3.11. The Morgan fingerprint density at radius 2 is 1.38 bits per heavy atom. The van der Waals surface area contributed by atoms with Crippen molar-refractivity contribution in [3.63, 3.8) is 0 Å². The van der Waals surface area contributed by atoms with Crippen LogP contribution in [0, 0.1) is 0 Å². The Bertz CT molecular complexity index is 1330. The van der Waals surface area contributed by atoms with Crippen molar-refractivity contribution in [1.29, 1.82) is 0 Å². The third-order valence-corrected chi connectivity index (χ3v) is 7.78. The highest BCUT2D eigenvalue weighted by molar-refractivity contribution is 7.50. The fraction of sp³-hybridized carbons (Fsp3) is 0.208. The van der Waals surface area contributed by atoms with Crippen LogP contribution in [0.1, 0.15) is 16.8 Å². The molecule has 0 saturated heterocycles. The third kappa shape index (κ3) is 4.12. The molecule has 0 amide bonds. The van der Waals surface area contributed by atoms with Gasteiger partial charge in [0.2, 0.25) is 0 Å². The first-order chi connectivity index (χ1) is 15.9. The zero-order chi connectivity index (χ0) is 24.7. The minimum Gasteiger partial charge on any atom is -0.462 e. The van der Waals surface area contributed by atoms with Crippen LogP contribution in [0.2, 0.25) is 0 Å². The Morgan fingerprint density at radius 3 is 2.03 bits per heavy atom. The number of ether oxygens (including phenoxy) is 1. The Hall–Kier alpha value is -3.11. The van der Waals surface area contributed by atoms with Gasteiger partial charge >= 0.3 is 18.3 Å². The van der Waals surface area contributed by atoms with E-state index < -0.39 is 47.4 Å². The van der Waals surface area contributed by atoms with E-state index in [-0.39, 0.29) is 5.56 Å². The first kappa shape index (κ1) is 24.0. The molecule has 34 heavy (non-hydrogen) atoms. The molecule has 178 valence electrons. The van der Waals surface area contributed by atoms with E-state index in [1.54, 1.807) is 6.07 Å². The Labute approximate surface area is 192 Å². The van der Waals surface area contributed by atoms with Gasteiger partial charge < -0.3 is 9.84 Å². The summed E-state index contributed by atoms with van der Waals surface area (Å²) in [6.45, 7) is -1.27. The largest absolute Gasteiger partial charge is 0.462 e. The van der Waals surface area contributed by atoms with Crippen LogP contribution in [0.5, 0.6) is 0 Å². The molecule has 4 aromatic rings. The minimum absolute atomic E-state index is 0.0189. The van der Waals surface area contributed by atoms with E-state index in [9.17, 15) is 36.2 Å². The van der Waals surface area contributed by atoms with Gasteiger partial charge in [-0.05, 0) is 42.5 Å². The standard InChI is InChI=1S/C24H17F6O3S/c25-23(26,27)22(32,24(28,29)30)12-13-33-21(31)15-10-11-20-18(14-15)17-8-4-5-9-19(17)34(20)16-6-2-1-3-7-16/h1-11,14,32H,12-13H2/q+1. The summed E-state index contributed by atoms with van der Waals surface area (Å²) in [5, 5.41) is 10.8. The number of hydrogen-bond acceptors (Lipinski definition) is 3. The Balaban J connectivity index is 1.64. The molecule has 3 aromatic carbocycles. The maximum atomic E-state index is 12.8. The number of esters is 1. The van der Waals surface area contributed by atoms with Crippen LogP contribution < -0.4 is 0 Å². The Kier molecular flexibility index (Phi) is 6.07. The van der Waals surface area contributed by atoms with Gasteiger partial charge in [0.1, 0.15) is 0 Å². The predicted molar refractivity (Wildman–Crippen MR) is 117 cm³/mol. The first-order valence-electron chi connectivity index (χ1n) is 10.00. The molecular weight excluding hydrogens is 482 g/mol. The second-order valence-corrected chi connectivity index (χ2v) is 9.53. The van der Waals surface area contributed by atoms with E-state index in [1.165, 1.54) is 12.1 Å². The second-order valence-electron chi connectivity index (χ2n) is 7.57. The molecule has 0 saturated carbocycles. The van der Waals surface area contributed by atoms with Gasteiger partial charge in [-0.2, -0.15) is 26.3 Å². The van der Waals surface area contributed by atoms with Gasteiger partial charge in [0.05, 0.1) is 12.2 Å². The van der Waals surface area contributed by atoms with Gasteiger partial charge in [-0.1, -0.05) is 30.3 Å². The van der Waals surface area contributed by atoms with Crippen molar-refractivity contribution in [1.82, 2.24) is 0 Å². The van der Waals surface area contributed by atoms with E-state index in [0.717, 1.165) is 25.1 Å². The summed E-state index contributed by atoms with van der Waals surface area (Å²) in [6.07, 6.45) is -13.8. The van der Waals surface area contributed by atoms with Crippen LogP contribution in [0.3, 0.4) is 0 Å². The number of thiophene rings is 1. The fourth-order valence-corrected chi connectivity index (χ4v) is 6.04. The number of carbonyl (C=O) groups is 1. The molecule has 0 aliphatic heterocycles. The summed E-state index contributed by atoms with van der Waals surface area (Å²) >= 11 is 0. The van der Waals surface area contributed by atoms with Crippen molar-refractivity contribution in [3.8, 4) is 4.90 Å². The lowest BCUT2D eigenvalue weighted by Crippen LogP contribution is -2.57. The highest BCUT2D eigenvalue weighted by atomic mass is 32.2. The monoisotopic (exact) mass is 499 g/mol. The van der Waals surface area contributed by atoms with E-state index in [0.29, 0.717) is 0 Å². The number of rotatable bonds is 5. The second kappa shape index (κ2) is 8.59. The van der Waals surface area contributed by atoms with Crippen LogP contribution in [-0.2, 0) is 4.74 Å². The predicted octanol–water partition coefficient (Wildman–Crippen LogP) is 7.13. The zero-order valence-electron chi connectivity index (χ0n) is 17.3. The number of carbonyl (C=O) groups excluding carboxylic acids is 1. The van der Waals surface area contributed by atoms with E-state index in [1.807, 2.05) is 54.6 Å². The number of halogens is 6. The molecule has 1 aromatic heterocycles. The van der Waals surface area contributed by atoms with Crippen molar-refractivity contribution in [2.24, 2.45) is 0 Å². The number of alkyl halides is 6. The van der Waals surface area contributed by atoms with Crippen molar-refractivity contribution >= 4 is 36.6 Å². The smallest absolute Gasteiger partial charge is 0.426 e. The van der Waals surface area contributed by atoms with Gasteiger partial charge in [-0.15, -0.1) is 0 Å². The summed E-state index contributed by atoms with van der Waals surface area (Å²) < 4.78 is 83.5. The summed E-state index contributed by atoms with van der Waals surface area (Å²) in [5.41, 5.74) is -4.99. The lowest BCUT2D eigenvalue weighted by molar-refractivity contribution is -0.371. The van der Waals surface area contributed by atoms with Crippen LogP contribution in [0.4, 0.5) is 26.3 Å². The molecular formula is C24H17F6O3S+. The average molecular weight is 499 g/mol. The molecule has 1 N–H and O–H groups in total. The molecule has 10 heteroatoms. The highest BCUT2D eigenvalue weighted by Crippen LogP contribution is 2.48.